The van der Waals surface area contributed by atoms with Crippen LogP contribution >= 0.6 is 0 Å². The van der Waals surface area contributed by atoms with Gasteiger partial charge in [0.2, 0.25) is 0 Å². The number of hydrogen-bond acceptors (Lipinski definition) is 3. The number of aromatic nitrogens is 1. The molecule has 1 fully saturated rings. The van der Waals surface area contributed by atoms with Crippen molar-refractivity contribution in [3.05, 3.63) is 65.7 Å². The van der Waals surface area contributed by atoms with Crippen LogP contribution in [-0.4, -0.2) is 33.7 Å². The average Bonchev–Trinajstić information content (AvgIpc) is 2.84. The first-order chi connectivity index (χ1) is 10.2. The molecular formula is C17H19FN2O. The van der Waals surface area contributed by atoms with Crippen LogP contribution in [0.3, 0.4) is 0 Å². The Morgan fingerprint density at radius 1 is 1.10 bits per heavy atom. The number of likely N-dealkylation sites (tertiary alicyclic amines) is 1. The molecule has 110 valence electrons. The molecule has 2 aromatic rings. The van der Waals surface area contributed by atoms with Crippen molar-refractivity contribution in [2.45, 2.75) is 31.5 Å². The van der Waals surface area contributed by atoms with Crippen LogP contribution in [-0.2, 0) is 13.0 Å². The zero-order chi connectivity index (χ0) is 14.7. The molecule has 1 aromatic heterocycles. The van der Waals surface area contributed by atoms with Crippen LogP contribution in [0.15, 0.2) is 48.8 Å². The Balaban J connectivity index is 1.70. The van der Waals surface area contributed by atoms with Crippen LogP contribution in [0.4, 0.5) is 4.39 Å². The fourth-order valence-electron chi connectivity index (χ4n) is 2.95. The van der Waals surface area contributed by atoms with Gasteiger partial charge in [-0.1, -0.05) is 12.1 Å². The van der Waals surface area contributed by atoms with Crippen LogP contribution in [0.2, 0.25) is 0 Å². The van der Waals surface area contributed by atoms with Crippen molar-refractivity contribution >= 4 is 0 Å². The van der Waals surface area contributed by atoms with E-state index in [1.165, 1.54) is 17.7 Å². The summed E-state index contributed by atoms with van der Waals surface area (Å²) in [4.78, 5) is 6.30. The van der Waals surface area contributed by atoms with Gasteiger partial charge in [-0.15, -0.1) is 0 Å². The first-order valence-electron chi connectivity index (χ1n) is 7.28. The number of rotatable bonds is 4. The quantitative estimate of drug-likeness (QED) is 0.937. The van der Waals surface area contributed by atoms with Crippen LogP contribution in [0.25, 0.3) is 0 Å². The third-order valence-electron chi connectivity index (χ3n) is 4.12. The van der Waals surface area contributed by atoms with E-state index >= 15 is 0 Å². The highest BCUT2D eigenvalue weighted by Gasteiger charge is 2.32. The fraction of sp³-hybridized carbons (Fsp3) is 0.353. The molecule has 1 saturated heterocycles. The molecule has 0 saturated carbocycles. The maximum absolute atomic E-state index is 13.0. The van der Waals surface area contributed by atoms with Gasteiger partial charge in [0.1, 0.15) is 5.82 Å². The van der Waals surface area contributed by atoms with E-state index in [1.54, 1.807) is 12.4 Å². The SMILES string of the molecule is O[C@@H]1CCN(Cc2ccc(F)cc2)[C@@H]1Cc1ccncc1. The van der Waals surface area contributed by atoms with Gasteiger partial charge in [0.05, 0.1) is 6.10 Å². The summed E-state index contributed by atoms with van der Waals surface area (Å²) in [6.45, 7) is 1.61. The van der Waals surface area contributed by atoms with Crippen LogP contribution in [0, 0.1) is 5.82 Å². The number of hydrogen-bond donors (Lipinski definition) is 1. The maximum atomic E-state index is 13.0. The van der Waals surface area contributed by atoms with E-state index < -0.39 is 0 Å². The van der Waals surface area contributed by atoms with Gasteiger partial charge in [0.15, 0.2) is 0 Å². The summed E-state index contributed by atoms with van der Waals surface area (Å²) in [7, 11) is 0. The number of halogens is 1. The van der Waals surface area contributed by atoms with Crippen LogP contribution in [0.5, 0.6) is 0 Å². The van der Waals surface area contributed by atoms with Gasteiger partial charge < -0.3 is 5.11 Å². The molecule has 2 atom stereocenters. The third kappa shape index (κ3) is 3.46. The van der Waals surface area contributed by atoms with E-state index in [1.807, 2.05) is 24.3 Å². The number of nitrogens with zero attached hydrogens (tertiary/aromatic N) is 2. The van der Waals surface area contributed by atoms with Crippen molar-refractivity contribution in [1.29, 1.82) is 0 Å². The molecule has 21 heavy (non-hydrogen) atoms. The second-order valence-corrected chi connectivity index (χ2v) is 5.58. The minimum Gasteiger partial charge on any atom is -0.391 e. The number of aliphatic hydroxyl groups is 1. The molecule has 3 rings (SSSR count). The number of benzene rings is 1. The van der Waals surface area contributed by atoms with Gasteiger partial charge in [-0.2, -0.15) is 0 Å². The first kappa shape index (κ1) is 14.2. The fourth-order valence-corrected chi connectivity index (χ4v) is 2.95. The summed E-state index contributed by atoms with van der Waals surface area (Å²) >= 11 is 0. The summed E-state index contributed by atoms with van der Waals surface area (Å²) < 4.78 is 13.0. The van der Waals surface area contributed by atoms with E-state index in [0.717, 1.165) is 31.5 Å². The Morgan fingerprint density at radius 3 is 2.52 bits per heavy atom. The molecule has 4 heteroatoms. The largest absolute Gasteiger partial charge is 0.391 e. The second kappa shape index (κ2) is 6.33. The Kier molecular flexibility index (Phi) is 4.27. The number of aliphatic hydroxyl groups excluding tert-OH is 1. The minimum absolute atomic E-state index is 0.109. The van der Waals surface area contributed by atoms with Crippen LogP contribution < -0.4 is 0 Å². The van der Waals surface area contributed by atoms with Crippen molar-refractivity contribution in [1.82, 2.24) is 9.88 Å². The number of pyridine rings is 1. The zero-order valence-electron chi connectivity index (χ0n) is 11.8. The summed E-state index contributed by atoms with van der Waals surface area (Å²) in [5, 5.41) is 10.2. The predicted molar refractivity (Wildman–Crippen MR) is 79.2 cm³/mol. The molecule has 0 unspecified atom stereocenters. The van der Waals surface area contributed by atoms with Crippen molar-refractivity contribution in [2.24, 2.45) is 0 Å². The maximum Gasteiger partial charge on any atom is 0.123 e. The van der Waals surface area contributed by atoms with Gasteiger partial charge in [-0.3, -0.25) is 9.88 Å². The minimum atomic E-state index is -0.307. The van der Waals surface area contributed by atoms with Crippen molar-refractivity contribution in [3.8, 4) is 0 Å². The molecule has 0 amide bonds. The van der Waals surface area contributed by atoms with E-state index in [-0.39, 0.29) is 18.0 Å². The van der Waals surface area contributed by atoms with Gasteiger partial charge >= 0.3 is 0 Å². The van der Waals surface area contributed by atoms with E-state index in [0.29, 0.717) is 0 Å². The molecule has 3 nitrogen and oxygen atoms in total. The van der Waals surface area contributed by atoms with E-state index in [4.69, 9.17) is 0 Å². The van der Waals surface area contributed by atoms with Gasteiger partial charge in [-0.25, -0.2) is 4.39 Å². The molecule has 1 aliphatic heterocycles. The highest BCUT2D eigenvalue weighted by Crippen LogP contribution is 2.23. The first-order valence-corrected chi connectivity index (χ1v) is 7.28. The predicted octanol–water partition coefficient (Wildman–Crippen LogP) is 2.40. The van der Waals surface area contributed by atoms with Gasteiger partial charge in [0, 0.05) is 31.5 Å². The highest BCUT2D eigenvalue weighted by atomic mass is 19.1. The Hall–Kier alpha value is -1.78. The Morgan fingerprint density at radius 2 is 1.81 bits per heavy atom. The lowest BCUT2D eigenvalue weighted by molar-refractivity contribution is 0.112. The summed E-state index contributed by atoms with van der Waals surface area (Å²) in [5.74, 6) is -0.214. The van der Waals surface area contributed by atoms with Crippen molar-refractivity contribution in [2.75, 3.05) is 6.54 Å². The standard InChI is InChI=1S/C17H19FN2O/c18-15-3-1-14(2-4-15)12-20-10-7-17(21)16(20)11-13-5-8-19-9-6-13/h1-6,8-9,16-17,21H,7,10-12H2/t16-,17-/m1/s1. The molecule has 1 aliphatic rings. The normalized spacial score (nSPS) is 22.6. The van der Waals surface area contributed by atoms with Crippen molar-refractivity contribution in [3.63, 3.8) is 0 Å². The monoisotopic (exact) mass is 286 g/mol. The molecule has 1 N–H and O–H groups in total. The third-order valence-corrected chi connectivity index (χ3v) is 4.12. The lowest BCUT2D eigenvalue weighted by atomic mass is 10.0. The Bertz CT molecular complexity index is 573. The summed E-state index contributed by atoms with van der Waals surface area (Å²) in [5.41, 5.74) is 2.25. The summed E-state index contributed by atoms with van der Waals surface area (Å²) in [6, 6.07) is 10.7. The van der Waals surface area contributed by atoms with Crippen molar-refractivity contribution < 1.29 is 9.50 Å². The molecular weight excluding hydrogens is 267 g/mol. The lowest BCUT2D eigenvalue weighted by Gasteiger charge is -2.26. The highest BCUT2D eigenvalue weighted by molar-refractivity contribution is 5.17. The zero-order valence-corrected chi connectivity index (χ0v) is 11.8. The van der Waals surface area contributed by atoms with E-state index in [9.17, 15) is 9.50 Å². The second-order valence-electron chi connectivity index (χ2n) is 5.58. The molecule has 1 aromatic carbocycles. The molecule has 0 spiro atoms. The van der Waals surface area contributed by atoms with Gasteiger partial charge in [0.25, 0.3) is 0 Å². The molecule has 0 bridgehead atoms. The Labute approximate surface area is 124 Å². The smallest absolute Gasteiger partial charge is 0.123 e. The molecule has 0 aliphatic carbocycles. The molecule has 2 heterocycles. The topological polar surface area (TPSA) is 36.4 Å². The average molecular weight is 286 g/mol. The lowest BCUT2D eigenvalue weighted by Crippen LogP contribution is -2.36. The van der Waals surface area contributed by atoms with Crippen LogP contribution in [0.1, 0.15) is 17.5 Å². The summed E-state index contributed by atoms with van der Waals surface area (Å²) in [6.07, 6.45) is 4.85. The molecule has 0 radical (unpaired) electrons. The van der Waals surface area contributed by atoms with Gasteiger partial charge in [-0.05, 0) is 48.2 Å². The van der Waals surface area contributed by atoms with E-state index in [2.05, 4.69) is 9.88 Å².